The highest BCUT2D eigenvalue weighted by molar-refractivity contribution is 5.63. The Kier molecular flexibility index (Phi) is 3.65. The van der Waals surface area contributed by atoms with Gasteiger partial charge in [0, 0.05) is 12.6 Å². The largest absolute Gasteiger partial charge is 0.368 e. The molecule has 1 aromatic heterocycles. The second kappa shape index (κ2) is 5.46. The lowest BCUT2D eigenvalue weighted by molar-refractivity contribution is -0.385. The van der Waals surface area contributed by atoms with Crippen LogP contribution in [0.4, 0.5) is 17.5 Å². The van der Waals surface area contributed by atoms with E-state index in [2.05, 4.69) is 14.9 Å². The third-order valence-electron chi connectivity index (χ3n) is 4.76. The number of aromatic nitrogens is 2. The number of hydrogen-bond acceptors (Lipinski definition) is 6. The molecule has 1 aromatic rings. The van der Waals surface area contributed by atoms with E-state index in [0.29, 0.717) is 23.5 Å². The molecule has 1 atom stereocenters. The van der Waals surface area contributed by atoms with Crippen molar-refractivity contribution in [1.82, 2.24) is 9.97 Å². The lowest BCUT2D eigenvalue weighted by atomic mass is 9.96. The number of nitrogens with zero attached hydrogens (tertiary/aromatic N) is 4. The zero-order valence-electron chi connectivity index (χ0n) is 12.3. The van der Waals surface area contributed by atoms with E-state index in [0.717, 1.165) is 19.4 Å². The fourth-order valence-electron chi connectivity index (χ4n) is 3.87. The molecule has 1 aliphatic carbocycles. The molecule has 1 unspecified atom stereocenters. The van der Waals surface area contributed by atoms with Crippen LogP contribution in [-0.4, -0.2) is 27.5 Å². The van der Waals surface area contributed by atoms with Gasteiger partial charge in [-0.2, -0.15) is 4.98 Å². The molecule has 7 nitrogen and oxygen atoms in total. The predicted molar refractivity (Wildman–Crippen MR) is 80.2 cm³/mol. The first kappa shape index (κ1) is 14.0. The van der Waals surface area contributed by atoms with E-state index in [9.17, 15) is 10.1 Å². The van der Waals surface area contributed by atoms with Gasteiger partial charge in [0.15, 0.2) is 0 Å². The van der Waals surface area contributed by atoms with Crippen LogP contribution in [0.15, 0.2) is 0 Å². The SMILES string of the molecule is Cc1nc(N)nc(N2CCCC2C2CCCC2)c1[N+](=O)[O-]. The van der Waals surface area contributed by atoms with Crippen molar-refractivity contribution >= 4 is 17.5 Å². The summed E-state index contributed by atoms with van der Waals surface area (Å²) in [5.74, 6) is 1.16. The Bertz CT molecular complexity index is 557. The van der Waals surface area contributed by atoms with Crippen molar-refractivity contribution in [3.05, 3.63) is 15.8 Å². The van der Waals surface area contributed by atoms with Gasteiger partial charge >= 0.3 is 5.69 Å². The van der Waals surface area contributed by atoms with E-state index in [-0.39, 0.29) is 16.6 Å². The van der Waals surface area contributed by atoms with Crippen molar-refractivity contribution in [2.75, 3.05) is 17.2 Å². The number of aryl methyl sites for hydroxylation is 1. The molecule has 7 heteroatoms. The van der Waals surface area contributed by atoms with E-state index >= 15 is 0 Å². The standard InChI is InChI=1S/C14H21N5O2/c1-9-12(19(20)21)13(17-14(15)16-9)18-8-4-7-11(18)10-5-2-3-6-10/h10-11H,2-8H2,1H3,(H2,15,16,17). The molecule has 3 rings (SSSR count). The number of nitro groups is 1. The quantitative estimate of drug-likeness (QED) is 0.678. The summed E-state index contributed by atoms with van der Waals surface area (Å²) in [5.41, 5.74) is 6.08. The van der Waals surface area contributed by atoms with E-state index in [1.165, 1.54) is 25.7 Å². The Labute approximate surface area is 123 Å². The maximum atomic E-state index is 11.4. The fourth-order valence-corrected chi connectivity index (χ4v) is 3.87. The molecule has 0 aromatic carbocycles. The highest BCUT2D eigenvalue weighted by Gasteiger charge is 2.38. The van der Waals surface area contributed by atoms with E-state index in [4.69, 9.17) is 5.73 Å². The number of hydrogen-bond donors (Lipinski definition) is 1. The average Bonchev–Trinajstić information content (AvgIpc) is 3.08. The summed E-state index contributed by atoms with van der Waals surface area (Å²) >= 11 is 0. The van der Waals surface area contributed by atoms with Crippen molar-refractivity contribution in [1.29, 1.82) is 0 Å². The molecule has 0 bridgehead atoms. The second-order valence-corrected chi connectivity index (χ2v) is 6.04. The first-order valence-corrected chi connectivity index (χ1v) is 7.63. The Morgan fingerprint density at radius 1 is 1.24 bits per heavy atom. The van der Waals surface area contributed by atoms with Crippen LogP contribution in [0.2, 0.25) is 0 Å². The highest BCUT2D eigenvalue weighted by atomic mass is 16.6. The zero-order valence-corrected chi connectivity index (χ0v) is 12.3. The molecule has 2 N–H and O–H groups in total. The smallest absolute Gasteiger partial charge is 0.332 e. The van der Waals surface area contributed by atoms with Crippen molar-refractivity contribution < 1.29 is 4.92 Å². The third-order valence-corrected chi connectivity index (χ3v) is 4.76. The van der Waals surface area contributed by atoms with Gasteiger partial charge in [-0.3, -0.25) is 10.1 Å². The normalized spacial score (nSPS) is 22.9. The van der Waals surface area contributed by atoms with Gasteiger partial charge in [-0.1, -0.05) is 12.8 Å². The molecule has 2 fully saturated rings. The number of nitrogens with two attached hydrogens (primary N) is 1. The maximum Gasteiger partial charge on any atom is 0.332 e. The highest BCUT2D eigenvalue weighted by Crippen LogP contribution is 2.40. The van der Waals surface area contributed by atoms with Crippen LogP contribution in [-0.2, 0) is 0 Å². The van der Waals surface area contributed by atoms with Crippen molar-refractivity contribution in [2.24, 2.45) is 5.92 Å². The fraction of sp³-hybridized carbons (Fsp3) is 0.714. The first-order valence-electron chi connectivity index (χ1n) is 7.63. The molecule has 1 aliphatic heterocycles. The zero-order chi connectivity index (χ0) is 15.0. The Morgan fingerprint density at radius 2 is 1.95 bits per heavy atom. The van der Waals surface area contributed by atoms with Gasteiger partial charge in [-0.25, -0.2) is 4.98 Å². The van der Waals surface area contributed by atoms with Crippen molar-refractivity contribution in [2.45, 2.75) is 51.5 Å². The number of nitrogen functional groups attached to an aromatic ring is 1. The summed E-state index contributed by atoms with van der Waals surface area (Å²) < 4.78 is 0. The summed E-state index contributed by atoms with van der Waals surface area (Å²) in [6, 6.07) is 0.361. The minimum absolute atomic E-state index is 0.00842. The molecule has 21 heavy (non-hydrogen) atoms. The number of rotatable bonds is 3. The summed E-state index contributed by atoms with van der Waals surface area (Å²) in [5, 5.41) is 11.4. The van der Waals surface area contributed by atoms with Gasteiger partial charge in [0.2, 0.25) is 11.8 Å². The molecule has 0 spiro atoms. The monoisotopic (exact) mass is 291 g/mol. The summed E-state index contributed by atoms with van der Waals surface area (Å²) in [4.78, 5) is 21.3. The van der Waals surface area contributed by atoms with Gasteiger partial charge < -0.3 is 10.6 Å². The first-order chi connectivity index (χ1) is 10.1. The van der Waals surface area contributed by atoms with Crippen LogP contribution in [0.1, 0.15) is 44.2 Å². The van der Waals surface area contributed by atoms with E-state index in [1.807, 2.05) is 0 Å². The summed E-state index contributed by atoms with van der Waals surface area (Å²) in [6.07, 6.45) is 7.11. The van der Waals surface area contributed by atoms with Crippen molar-refractivity contribution in [3.8, 4) is 0 Å². The lowest BCUT2D eigenvalue weighted by Crippen LogP contribution is -2.36. The van der Waals surface area contributed by atoms with Crippen LogP contribution in [0.3, 0.4) is 0 Å². The minimum Gasteiger partial charge on any atom is -0.368 e. The van der Waals surface area contributed by atoms with Gasteiger partial charge in [0.1, 0.15) is 5.69 Å². The average molecular weight is 291 g/mol. The molecule has 1 saturated heterocycles. The van der Waals surface area contributed by atoms with E-state index < -0.39 is 0 Å². The second-order valence-electron chi connectivity index (χ2n) is 6.04. The number of anilines is 2. The summed E-state index contributed by atoms with van der Waals surface area (Å²) in [6.45, 7) is 2.44. The molecular weight excluding hydrogens is 270 g/mol. The van der Waals surface area contributed by atoms with Crippen LogP contribution < -0.4 is 10.6 Å². The summed E-state index contributed by atoms with van der Waals surface area (Å²) in [7, 11) is 0. The molecule has 1 saturated carbocycles. The molecule has 2 aliphatic rings. The van der Waals surface area contributed by atoms with Crippen LogP contribution >= 0.6 is 0 Å². The van der Waals surface area contributed by atoms with Crippen LogP contribution in [0, 0.1) is 23.0 Å². The van der Waals surface area contributed by atoms with Gasteiger partial charge in [0.05, 0.1) is 4.92 Å². The minimum atomic E-state index is -0.381. The van der Waals surface area contributed by atoms with E-state index in [1.54, 1.807) is 6.92 Å². The predicted octanol–water partition coefficient (Wildman–Crippen LogP) is 2.43. The van der Waals surface area contributed by atoms with Gasteiger partial charge in [-0.15, -0.1) is 0 Å². The van der Waals surface area contributed by atoms with Gasteiger partial charge in [-0.05, 0) is 38.5 Å². The lowest BCUT2D eigenvalue weighted by Gasteiger charge is -2.30. The Balaban J connectivity index is 2.00. The molecule has 2 heterocycles. The third kappa shape index (κ3) is 2.52. The topological polar surface area (TPSA) is 98.2 Å². The van der Waals surface area contributed by atoms with Gasteiger partial charge in [0.25, 0.3) is 0 Å². The van der Waals surface area contributed by atoms with Crippen LogP contribution in [0.25, 0.3) is 0 Å². The Morgan fingerprint density at radius 3 is 2.62 bits per heavy atom. The van der Waals surface area contributed by atoms with Crippen molar-refractivity contribution in [3.63, 3.8) is 0 Å². The Hall–Kier alpha value is -1.92. The molecular formula is C14H21N5O2. The molecule has 0 amide bonds. The maximum absolute atomic E-state index is 11.4. The molecule has 114 valence electrons. The van der Waals surface area contributed by atoms with Crippen LogP contribution in [0.5, 0.6) is 0 Å². The molecule has 0 radical (unpaired) electrons.